The van der Waals surface area contributed by atoms with Gasteiger partial charge in [0, 0.05) is 5.71 Å². The van der Waals surface area contributed by atoms with E-state index in [4.69, 9.17) is 16.9 Å². The van der Waals surface area contributed by atoms with Crippen LogP contribution in [0, 0.1) is 11.3 Å². The molecule has 1 rings (SSSR count). The molecule has 1 aromatic rings. The van der Waals surface area contributed by atoms with Gasteiger partial charge in [-0.1, -0.05) is 13.8 Å². The summed E-state index contributed by atoms with van der Waals surface area (Å²) in [7, 11) is 0. The van der Waals surface area contributed by atoms with Crippen LogP contribution in [0.3, 0.4) is 0 Å². The number of carbonyl (C=O) groups is 2. The first kappa shape index (κ1) is 19.4. The van der Waals surface area contributed by atoms with Crippen LogP contribution < -0.4 is 22.1 Å². The van der Waals surface area contributed by atoms with Crippen molar-refractivity contribution in [1.82, 2.24) is 9.97 Å². The third-order valence-corrected chi connectivity index (χ3v) is 3.12. The summed E-state index contributed by atoms with van der Waals surface area (Å²) in [6.45, 7) is 5.22. The van der Waals surface area contributed by atoms with Crippen molar-refractivity contribution in [2.75, 3.05) is 10.6 Å². The summed E-state index contributed by atoms with van der Waals surface area (Å²) in [6.07, 6.45) is 2.71. The number of amides is 2. The van der Waals surface area contributed by atoms with Gasteiger partial charge in [-0.3, -0.25) is 9.59 Å². The second kappa shape index (κ2) is 8.29. The quantitative estimate of drug-likeness (QED) is 0.299. The molecule has 9 nitrogen and oxygen atoms in total. The molecule has 1 aromatic heterocycles. The van der Waals surface area contributed by atoms with E-state index < -0.39 is 17.9 Å². The average molecular weight is 351 g/mol. The lowest BCUT2D eigenvalue weighted by Crippen LogP contribution is -2.39. The number of primary amides is 2. The van der Waals surface area contributed by atoms with Crippen molar-refractivity contribution in [1.29, 1.82) is 5.41 Å². The van der Waals surface area contributed by atoms with E-state index in [0.29, 0.717) is 0 Å². The topological polar surface area (TPSA) is 160 Å². The Balaban J connectivity index is 3.18. The molecule has 0 saturated heterocycles. The number of anilines is 2. The molecule has 0 saturated carbocycles. The van der Waals surface area contributed by atoms with Gasteiger partial charge in [-0.2, -0.15) is 0 Å². The van der Waals surface area contributed by atoms with Gasteiger partial charge in [-0.05, 0) is 18.9 Å². The number of thiol groups is 1. The number of hydrogen-bond donors (Lipinski definition) is 6. The third kappa shape index (κ3) is 5.54. The number of hydrogen-bond acceptors (Lipinski definition) is 8. The highest BCUT2D eigenvalue weighted by atomic mass is 32.1. The van der Waals surface area contributed by atoms with Gasteiger partial charge in [-0.25, -0.2) is 9.97 Å². The third-order valence-electron chi connectivity index (χ3n) is 2.88. The zero-order valence-corrected chi connectivity index (χ0v) is 14.5. The van der Waals surface area contributed by atoms with E-state index in [-0.39, 0.29) is 34.0 Å². The summed E-state index contributed by atoms with van der Waals surface area (Å²) < 4.78 is 0. The van der Waals surface area contributed by atoms with Gasteiger partial charge in [-0.15, -0.1) is 12.6 Å². The second-order valence-electron chi connectivity index (χ2n) is 5.42. The Morgan fingerprint density at radius 2 is 2.00 bits per heavy atom. The molecule has 0 aliphatic heterocycles. The standard InChI is InChI=1S/C14H21N7O2S/c1-6(2)10(12(16)22)19-8-5-18-11(13(17)23)14(20-8)21-9(24)4-7(3)15/h4-6,10,15,24H,1-3H3,(H2,16,22)(H2,17,23)(H2,19,20,21)/b9-4-,15-7?. The number of nitrogens with one attached hydrogen (secondary N) is 3. The minimum atomic E-state index is -0.778. The molecule has 10 heteroatoms. The molecule has 1 heterocycles. The summed E-state index contributed by atoms with van der Waals surface area (Å²) in [5, 5.41) is 13.3. The lowest BCUT2D eigenvalue weighted by molar-refractivity contribution is -0.119. The maximum atomic E-state index is 11.5. The van der Waals surface area contributed by atoms with E-state index >= 15 is 0 Å². The lowest BCUT2D eigenvalue weighted by atomic mass is 10.0. The van der Waals surface area contributed by atoms with Crippen molar-refractivity contribution in [3.05, 3.63) is 23.0 Å². The second-order valence-corrected chi connectivity index (χ2v) is 5.90. The van der Waals surface area contributed by atoms with Crippen molar-refractivity contribution in [3.63, 3.8) is 0 Å². The molecule has 0 aromatic carbocycles. The van der Waals surface area contributed by atoms with Crippen molar-refractivity contribution in [2.45, 2.75) is 26.8 Å². The number of nitrogens with zero attached hydrogens (tertiary/aromatic N) is 2. The molecule has 1 atom stereocenters. The Morgan fingerprint density at radius 3 is 2.46 bits per heavy atom. The molecule has 0 aliphatic rings. The normalized spacial score (nSPS) is 12.6. The first-order valence-corrected chi connectivity index (χ1v) is 7.52. The fraction of sp³-hybridized carbons (Fsp3) is 0.357. The highest BCUT2D eigenvalue weighted by Crippen LogP contribution is 2.18. The zero-order valence-electron chi connectivity index (χ0n) is 13.6. The monoisotopic (exact) mass is 351 g/mol. The highest BCUT2D eigenvalue weighted by molar-refractivity contribution is 7.84. The van der Waals surface area contributed by atoms with Gasteiger partial charge >= 0.3 is 0 Å². The number of aromatic nitrogens is 2. The van der Waals surface area contributed by atoms with Crippen molar-refractivity contribution >= 4 is 41.8 Å². The Bertz CT molecular complexity index is 688. The molecular weight excluding hydrogens is 330 g/mol. The molecule has 0 spiro atoms. The Morgan fingerprint density at radius 1 is 1.38 bits per heavy atom. The smallest absolute Gasteiger partial charge is 0.271 e. The van der Waals surface area contributed by atoms with Gasteiger partial charge in [0.15, 0.2) is 11.5 Å². The van der Waals surface area contributed by atoms with Crippen LogP contribution in [0.25, 0.3) is 0 Å². The van der Waals surface area contributed by atoms with Crippen molar-refractivity contribution in [3.8, 4) is 0 Å². The van der Waals surface area contributed by atoms with Crippen LogP contribution in [-0.4, -0.2) is 33.5 Å². The Labute approximate surface area is 145 Å². The maximum absolute atomic E-state index is 11.5. The largest absolute Gasteiger partial charge is 0.368 e. The van der Waals surface area contributed by atoms with Gasteiger partial charge in [0.2, 0.25) is 5.91 Å². The minimum Gasteiger partial charge on any atom is -0.368 e. The van der Waals surface area contributed by atoms with Crippen LogP contribution in [0.2, 0.25) is 0 Å². The van der Waals surface area contributed by atoms with E-state index in [1.165, 1.54) is 12.3 Å². The summed E-state index contributed by atoms with van der Waals surface area (Å²) in [6, 6.07) is -0.651. The molecule has 1 unspecified atom stereocenters. The van der Waals surface area contributed by atoms with Crippen molar-refractivity contribution < 1.29 is 9.59 Å². The SMILES string of the molecule is CC(=N)/C=C(\S)Nc1nc(NC(C(N)=O)C(C)C)cnc1C(N)=O. The molecule has 0 fully saturated rings. The van der Waals surface area contributed by atoms with Crippen LogP contribution in [0.1, 0.15) is 31.3 Å². The molecule has 0 radical (unpaired) electrons. The minimum absolute atomic E-state index is 0.0574. The molecule has 130 valence electrons. The van der Waals surface area contributed by atoms with E-state index in [0.717, 1.165) is 0 Å². The van der Waals surface area contributed by atoms with Crippen LogP contribution in [0.5, 0.6) is 0 Å². The summed E-state index contributed by atoms with van der Waals surface area (Å²) in [5.41, 5.74) is 10.8. The average Bonchev–Trinajstić information content (AvgIpc) is 2.42. The Hall–Kier alpha value is -2.62. The number of allylic oxidation sites excluding steroid dienone is 1. The van der Waals surface area contributed by atoms with Crippen LogP contribution in [0.15, 0.2) is 17.3 Å². The Kier molecular flexibility index (Phi) is 6.71. The van der Waals surface area contributed by atoms with Gasteiger partial charge in [0.1, 0.15) is 11.9 Å². The fourth-order valence-corrected chi connectivity index (χ4v) is 2.11. The molecule has 0 aliphatic carbocycles. The van der Waals surface area contributed by atoms with Crippen LogP contribution in [0.4, 0.5) is 11.6 Å². The fourth-order valence-electron chi connectivity index (χ4n) is 1.81. The lowest BCUT2D eigenvalue weighted by Gasteiger charge is -2.20. The molecular formula is C14H21N7O2S. The van der Waals surface area contributed by atoms with Gasteiger partial charge in [0.25, 0.3) is 5.91 Å². The summed E-state index contributed by atoms with van der Waals surface area (Å²) in [4.78, 5) is 31.1. The van der Waals surface area contributed by atoms with Gasteiger partial charge < -0.3 is 27.5 Å². The number of rotatable bonds is 8. The number of nitrogens with two attached hydrogens (primary N) is 2. The van der Waals surface area contributed by atoms with Crippen LogP contribution >= 0.6 is 12.6 Å². The first-order valence-electron chi connectivity index (χ1n) is 7.07. The molecule has 0 bridgehead atoms. The predicted octanol–water partition coefficient (Wildman–Crippen LogP) is 0.720. The first-order chi connectivity index (χ1) is 11.1. The van der Waals surface area contributed by atoms with E-state index in [1.54, 1.807) is 6.92 Å². The summed E-state index contributed by atoms with van der Waals surface area (Å²) in [5.74, 6) is -1.08. The highest BCUT2D eigenvalue weighted by Gasteiger charge is 2.21. The van der Waals surface area contributed by atoms with Crippen molar-refractivity contribution in [2.24, 2.45) is 17.4 Å². The zero-order chi connectivity index (χ0) is 18.4. The van der Waals surface area contributed by atoms with E-state index in [1.807, 2.05) is 13.8 Å². The summed E-state index contributed by atoms with van der Waals surface area (Å²) >= 11 is 4.16. The predicted molar refractivity (Wildman–Crippen MR) is 96.1 cm³/mol. The molecule has 24 heavy (non-hydrogen) atoms. The molecule has 2 amide bonds. The maximum Gasteiger partial charge on any atom is 0.271 e. The number of carbonyl (C=O) groups excluding carboxylic acids is 2. The van der Waals surface area contributed by atoms with Crippen LogP contribution in [-0.2, 0) is 4.79 Å². The van der Waals surface area contributed by atoms with E-state index in [2.05, 4.69) is 33.2 Å². The van der Waals surface area contributed by atoms with E-state index in [9.17, 15) is 9.59 Å². The molecule has 7 N–H and O–H groups in total. The van der Waals surface area contributed by atoms with Gasteiger partial charge in [0.05, 0.1) is 11.2 Å².